The highest BCUT2D eigenvalue weighted by Crippen LogP contribution is 2.38. The largest absolute Gasteiger partial charge is 0.497 e. The maximum absolute atomic E-state index is 9.82. The Morgan fingerprint density at radius 2 is 1.96 bits per heavy atom. The lowest BCUT2D eigenvalue weighted by molar-refractivity contribution is 0.415. The van der Waals surface area contributed by atoms with Gasteiger partial charge in [-0.15, -0.1) is 0 Å². The quantitative estimate of drug-likeness (QED) is 0.750. The Hall–Kier alpha value is -2.93. The highest BCUT2D eigenvalue weighted by atomic mass is 16.5. The third-order valence-corrected chi connectivity index (χ3v) is 4.26. The molecule has 4 heteroatoms. The number of methoxy groups -OCH3 is 1. The van der Waals surface area contributed by atoms with Gasteiger partial charge in [0.2, 0.25) is 0 Å². The molecule has 0 aliphatic carbocycles. The SMILES string of the molecule is CNc1cccc(-c2c(C#N)c3ccc(OC)cc3n2C(C)C)c1. The first-order valence-electron chi connectivity index (χ1n) is 8.01. The molecule has 0 spiro atoms. The van der Waals surface area contributed by atoms with Crippen LogP contribution in [0, 0.1) is 11.3 Å². The second-order valence-corrected chi connectivity index (χ2v) is 6.01. The lowest BCUT2D eigenvalue weighted by Gasteiger charge is -2.16. The normalized spacial score (nSPS) is 10.8. The summed E-state index contributed by atoms with van der Waals surface area (Å²) in [6.07, 6.45) is 0. The van der Waals surface area contributed by atoms with Crippen LogP contribution < -0.4 is 10.1 Å². The number of hydrogen-bond donors (Lipinski definition) is 1. The molecule has 2 aromatic carbocycles. The van der Waals surface area contributed by atoms with Crippen molar-refractivity contribution in [1.82, 2.24) is 4.57 Å². The molecule has 0 aliphatic heterocycles. The molecule has 1 heterocycles. The Kier molecular flexibility index (Phi) is 4.18. The molecule has 0 bridgehead atoms. The van der Waals surface area contributed by atoms with Crippen LogP contribution in [0.4, 0.5) is 5.69 Å². The second-order valence-electron chi connectivity index (χ2n) is 6.01. The monoisotopic (exact) mass is 319 g/mol. The van der Waals surface area contributed by atoms with Crippen LogP contribution in [0.3, 0.4) is 0 Å². The predicted molar refractivity (Wildman–Crippen MR) is 98.6 cm³/mol. The van der Waals surface area contributed by atoms with E-state index in [1.54, 1.807) is 7.11 Å². The average Bonchev–Trinajstić information content (AvgIpc) is 2.95. The van der Waals surface area contributed by atoms with Crippen molar-refractivity contribution in [1.29, 1.82) is 5.26 Å². The zero-order valence-corrected chi connectivity index (χ0v) is 14.4. The molecule has 0 amide bonds. The maximum atomic E-state index is 9.82. The Morgan fingerprint density at radius 3 is 2.58 bits per heavy atom. The number of nitrogens with one attached hydrogen (secondary N) is 1. The van der Waals surface area contributed by atoms with Crippen LogP contribution in [0.5, 0.6) is 5.75 Å². The first-order chi connectivity index (χ1) is 11.6. The van der Waals surface area contributed by atoms with E-state index in [0.717, 1.165) is 33.6 Å². The molecular formula is C20H21N3O. The van der Waals surface area contributed by atoms with E-state index >= 15 is 0 Å². The van der Waals surface area contributed by atoms with Crippen LogP contribution in [-0.4, -0.2) is 18.7 Å². The average molecular weight is 319 g/mol. The van der Waals surface area contributed by atoms with Gasteiger partial charge in [0.05, 0.1) is 23.9 Å². The van der Waals surface area contributed by atoms with E-state index < -0.39 is 0 Å². The fourth-order valence-electron chi connectivity index (χ4n) is 3.17. The summed E-state index contributed by atoms with van der Waals surface area (Å²) in [6.45, 7) is 4.26. The fraction of sp³-hybridized carbons (Fsp3) is 0.250. The minimum atomic E-state index is 0.218. The van der Waals surface area contributed by atoms with Gasteiger partial charge in [-0.3, -0.25) is 0 Å². The highest BCUT2D eigenvalue weighted by Gasteiger charge is 2.21. The molecule has 0 atom stereocenters. The summed E-state index contributed by atoms with van der Waals surface area (Å²) in [5, 5.41) is 13.9. The summed E-state index contributed by atoms with van der Waals surface area (Å²) in [5.74, 6) is 0.793. The van der Waals surface area contributed by atoms with E-state index in [-0.39, 0.29) is 6.04 Å². The van der Waals surface area contributed by atoms with E-state index in [1.165, 1.54) is 0 Å². The number of rotatable bonds is 4. The van der Waals surface area contributed by atoms with Crippen molar-refractivity contribution in [3.8, 4) is 23.1 Å². The van der Waals surface area contributed by atoms with E-state index in [9.17, 15) is 5.26 Å². The smallest absolute Gasteiger partial charge is 0.120 e. The van der Waals surface area contributed by atoms with Gasteiger partial charge >= 0.3 is 0 Å². The fourth-order valence-corrected chi connectivity index (χ4v) is 3.17. The molecule has 0 saturated carbocycles. The molecule has 24 heavy (non-hydrogen) atoms. The molecule has 0 aliphatic rings. The summed E-state index contributed by atoms with van der Waals surface area (Å²) in [4.78, 5) is 0. The van der Waals surface area contributed by atoms with Crippen LogP contribution in [-0.2, 0) is 0 Å². The van der Waals surface area contributed by atoms with E-state index in [2.05, 4.69) is 35.9 Å². The third kappa shape index (κ3) is 2.48. The maximum Gasteiger partial charge on any atom is 0.120 e. The lowest BCUT2D eigenvalue weighted by Crippen LogP contribution is -2.03. The molecular weight excluding hydrogens is 298 g/mol. The summed E-state index contributed by atoms with van der Waals surface area (Å²) < 4.78 is 7.59. The highest BCUT2D eigenvalue weighted by molar-refractivity contribution is 5.95. The summed E-state index contributed by atoms with van der Waals surface area (Å²) in [7, 11) is 3.56. The van der Waals surface area contributed by atoms with E-state index in [4.69, 9.17) is 4.74 Å². The standard InChI is InChI=1S/C20H21N3O/c1-13(2)23-19-11-16(24-4)8-9-17(19)18(12-21)20(23)14-6-5-7-15(10-14)22-3/h5-11,13,22H,1-4H3. The number of fused-ring (bicyclic) bond motifs is 1. The predicted octanol–water partition coefficient (Wildman–Crippen LogP) is 4.81. The van der Waals surface area contributed by atoms with Crippen molar-refractivity contribution in [2.24, 2.45) is 0 Å². The van der Waals surface area contributed by atoms with Crippen molar-refractivity contribution in [3.05, 3.63) is 48.0 Å². The van der Waals surface area contributed by atoms with Crippen molar-refractivity contribution in [2.45, 2.75) is 19.9 Å². The van der Waals surface area contributed by atoms with Crippen LogP contribution in [0.15, 0.2) is 42.5 Å². The van der Waals surface area contributed by atoms with Gasteiger partial charge in [-0.25, -0.2) is 0 Å². The summed E-state index contributed by atoms with van der Waals surface area (Å²) in [5.41, 5.74) is 4.73. The topological polar surface area (TPSA) is 50.0 Å². The molecule has 122 valence electrons. The molecule has 3 aromatic rings. The van der Waals surface area contributed by atoms with Crippen molar-refractivity contribution >= 4 is 16.6 Å². The minimum Gasteiger partial charge on any atom is -0.497 e. The number of hydrogen-bond acceptors (Lipinski definition) is 3. The molecule has 0 fully saturated rings. The van der Waals surface area contributed by atoms with Crippen LogP contribution >= 0.6 is 0 Å². The summed E-state index contributed by atoms with van der Waals surface area (Å²) in [6, 6.07) is 16.6. The molecule has 4 nitrogen and oxygen atoms in total. The summed E-state index contributed by atoms with van der Waals surface area (Å²) >= 11 is 0. The van der Waals surface area contributed by atoms with Gasteiger partial charge < -0.3 is 14.6 Å². The van der Waals surface area contributed by atoms with E-state index in [0.29, 0.717) is 5.56 Å². The number of aromatic nitrogens is 1. The zero-order chi connectivity index (χ0) is 17.3. The number of ether oxygens (including phenoxy) is 1. The molecule has 1 aromatic heterocycles. The first-order valence-corrected chi connectivity index (χ1v) is 8.01. The van der Waals surface area contributed by atoms with Crippen molar-refractivity contribution in [3.63, 3.8) is 0 Å². The third-order valence-electron chi connectivity index (χ3n) is 4.26. The number of nitrogens with zero attached hydrogens (tertiary/aromatic N) is 2. The Morgan fingerprint density at radius 1 is 1.17 bits per heavy atom. The number of anilines is 1. The second kappa shape index (κ2) is 6.29. The minimum absolute atomic E-state index is 0.218. The van der Waals surface area contributed by atoms with Gasteiger partial charge in [-0.1, -0.05) is 12.1 Å². The van der Waals surface area contributed by atoms with Crippen LogP contribution in [0.2, 0.25) is 0 Å². The lowest BCUT2D eigenvalue weighted by atomic mass is 10.1. The Balaban J connectivity index is 2.41. The Bertz CT molecular complexity index is 932. The van der Waals surface area contributed by atoms with Gasteiger partial charge in [0.1, 0.15) is 11.8 Å². The molecule has 0 saturated heterocycles. The van der Waals surface area contributed by atoms with Crippen LogP contribution in [0.1, 0.15) is 25.5 Å². The molecule has 0 unspecified atom stereocenters. The number of nitriles is 1. The van der Waals surface area contributed by atoms with Gasteiger partial charge in [-0.2, -0.15) is 5.26 Å². The van der Waals surface area contributed by atoms with Gasteiger partial charge in [0.15, 0.2) is 0 Å². The van der Waals surface area contributed by atoms with Crippen molar-refractivity contribution < 1.29 is 4.74 Å². The molecule has 1 N–H and O–H groups in total. The van der Waals surface area contributed by atoms with Gasteiger partial charge in [-0.05, 0) is 38.1 Å². The number of benzene rings is 2. The Labute approximate surface area is 142 Å². The van der Waals surface area contributed by atoms with E-state index in [1.807, 2.05) is 43.4 Å². The van der Waals surface area contributed by atoms with Crippen molar-refractivity contribution in [2.75, 3.05) is 19.5 Å². The van der Waals surface area contributed by atoms with Crippen LogP contribution in [0.25, 0.3) is 22.2 Å². The van der Waals surface area contributed by atoms with Gasteiger partial charge in [0.25, 0.3) is 0 Å². The molecule has 3 rings (SSSR count). The zero-order valence-electron chi connectivity index (χ0n) is 14.4. The molecule has 0 radical (unpaired) electrons. The first kappa shape index (κ1) is 15.9. The van der Waals surface area contributed by atoms with Gasteiger partial charge in [0, 0.05) is 35.8 Å².